The van der Waals surface area contributed by atoms with Gasteiger partial charge in [-0.25, -0.2) is 0 Å². The molecule has 0 saturated carbocycles. The number of nitrogens with zero attached hydrogens (tertiary/aromatic N) is 1. The minimum absolute atomic E-state index is 0.462. The first-order valence-electron chi connectivity index (χ1n) is 4.63. The summed E-state index contributed by atoms with van der Waals surface area (Å²) in [6, 6.07) is 4.25. The van der Waals surface area contributed by atoms with Crippen LogP contribution < -0.4 is 10.2 Å². The van der Waals surface area contributed by atoms with Crippen molar-refractivity contribution < 1.29 is 0 Å². The normalized spacial score (nSPS) is 22.2. The smallest absolute Gasteiger partial charge is 0.0961 e. The largest absolute Gasteiger partial charge is 0.324 e. The van der Waals surface area contributed by atoms with E-state index < -0.39 is 0 Å². The van der Waals surface area contributed by atoms with E-state index in [9.17, 15) is 0 Å². The van der Waals surface area contributed by atoms with Crippen molar-refractivity contribution in [1.82, 2.24) is 5.32 Å². The number of rotatable bonds is 2. The molecule has 3 heteroatoms. The first-order valence-corrected chi connectivity index (χ1v) is 5.51. The number of thiophene rings is 1. The van der Waals surface area contributed by atoms with E-state index in [2.05, 4.69) is 46.9 Å². The molecule has 0 bridgehead atoms. The fourth-order valence-corrected chi connectivity index (χ4v) is 2.32. The lowest BCUT2D eigenvalue weighted by Gasteiger charge is -2.32. The fraction of sp³-hybridized carbons (Fsp3) is 0.400. The van der Waals surface area contributed by atoms with Crippen LogP contribution in [0.4, 0.5) is 5.00 Å². The molecule has 2 rings (SSSR count). The van der Waals surface area contributed by atoms with Gasteiger partial charge in [-0.2, -0.15) is 0 Å². The molecule has 2 nitrogen and oxygen atoms in total. The highest BCUT2D eigenvalue weighted by Gasteiger charge is 2.16. The molecule has 1 unspecified atom stereocenters. The molecule has 1 aliphatic rings. The number of anilines is 1. The topological polar surface area (TPSA) is 15.3 Å². The molecule has 0 radical (unpaired) electrons. The van der Waals surface area contributed by atoms with E-state index in [4.69, 9.17) is 0 Å². The third-order valence-corrected chi connectivity index (χ3v) is 3.10. The van der Waals surface area contributed by atoms with Gasteiger partial charge in [0.1, 0.15) is 0 Å². The molecule has 2 heterocycles. The molecule has 0 aliphatic carbocycles. The summed E-state index contributed by atoms with van der Waals surface area (Å²) in [6.07, 6.45) is 5.92. The highest BCUT2D eigenvalue weighted by atomic mass is 32.1. The number of nitrogens with one attached hydrogen (secondary N) is 1. The highest BCUT2D eigenvalue weighted by Crippen LogP contribution is 2.25. The van der Waals surface area contributed by atoms with Crippen molar-refractivity contribution in [2.45, 2.75) is 19.5 Å². The van der Waals surface area contributed by atoms with E-state index in [1.165, 1.54) is 5.00 Å². The van der Waals surface area contributed by atoms with E-state index >= 15 is 0 Å². The minimum atomic E-state index is 0.462. The summed E-state index contributed by atoms with van der Waals surface area (Å²) in [5.74, 6) is 0. The summed E-state index contributed by atoms with van der Waals surface area (Å²) in [5, 5.41) is 6.88. The average molecular weight is 194 g/mol. The second kappa shape index (κ2) is 3.94. The van der Waals surface area contributed by atoms with E-state index in [1.807, 2.05) is 0 Å². The molecule has 0 fully saturated rings. The maximum absolute atomic E-state index is 3.45. The Morgan fingerprint density at radius 2 is 2.62 bits per heavy atom. The Morgan fingerprint density at radius 1 is 1.69 bits per heavy atom. The summed E-state index contributed by atoms with van der Waals surface area (Å²) in [4.78, 5) is 2.30. The molecule has 1 aromatic rings. The molecular formula is C10H14N2S. The highest BCUT2D eigenvalue weighted by molar-refractivity contribution is 7.14. The summed E-state index contributed by atoms with van der Waals surface area (Å²) in [6.45, 7) is 3.19. The molecule has 0 saturated heterocycles. The second-order valence-corrected chi connectivity index (χ2v) is 4.00. The first-order chi connectivity index (χ1) is 6.42. The van der Waals surface area contributed by atoms with Crippen LogP contribution in [0.1, 0.15) is 13.3 Å². The molecule has 13 heavy (non-hydrogen) atoms. The van der Waals surface area contributed by atoms with Crippen LogP contribution in [0.3, 0.4) is 0 Å². The second-order valence-electron chi connectivity index (χ2n) is 3.08. The van der Waals surface area contributed by atoms with Crippen LogP contribution in [0, 0.1) is 0 Å². The monoisotopic (exact) mass is 194 g/mol. The zero-order valence-electron chi connectivity index (χ0n) is 7.73. The molecule has 1 N–H and O–H groups in total. The van der Waals surface area contributed by atoms with Crippen molar-refractivity contribution in [2.75, 3.05) is 11.4 Å². The number of hydrogen-bond donors (Lipinski definition) is 1. The lowest BCUT2D eigenvalue weighted by molar-refractivity contribution is 0.514. The molecule has 1 aromatic heterocycles. The van der Waals surface area contributed by atoms with Crippen LogP contribution in [0.5, 0.6) is 0 Å². The van der Waals surface area contributed by atoms with Crippen molar-refractivity contribution in [3.63, 3.8) is 0 Å². The van der Waals surface area contributed by atoms with Crippen LogP contribution in [0.2, 0.25) is 0 Å². The molecule has 70 valence electrons. The lowest BCUT2D eigenvalue weighted by atomic mass is 10.3. The first kappa shape index (κ1) is 8.78. The van der Waals surface area contributed by atoms with Gasteiger partial charge in [-0.3, -0.25) is 5.32 Å². The van der Waals surface area contributed by atoms with Gasteiger partial charge >= 0.3 is 0 Å². The molecular weight excluding hydrogens is 180 g/mol. The third kappa shape index (κ3) is 1.76. The van der Waals surface area contributed by atoms with Crippen LogP contribution in [0.25, 0.3) is 0 Å². The molecule has 1 aliphatic heterocycles. The van der Waals surface area contributed by atoms with Gasteiger partial charge in [0.2, 0.25) is 0 Å². The maximum Gasteiger partial charge on any atom is 0.0961 e. The van der Waals surface area contributed by atoms with E-state index in [0.29, 0.717) is 6.17 Å². The Bertz CT molecular complexity index is 279. The summed E-state index contributed by atoms with van der Waals surface area (Å²) in [5.41, 5.74) is 0. The Labute approximate surface area is 82.9 Å². The van der Waals surface area contributed by atoms with Crippen LogP contribution in [0.15, 0.2) is 29.8 Å². The standard InChI is InChI=1S/C10H14N2S/c1-2-9-11-6-4-7-12(9)10-5-3-8-13-10/h3-5,7-9,11H,2,6H2,1H3. The predicted molar refractivity (Wildman–Crippen MR) is 58.0 cm³/mol. The molecule has 0 spiro atoms. The Kier molecular flexibility index (Phi) is 2.66. The molecule has 1 atom stereocenters. The van der Waals surface area contributed by atoms with Crippen molar-refractivity contribution >= 4 is 16.3 Å². The van der Waals surface area contributed by atoms with Gasteiger partial charge in [-0.1, -0.05) is 13.0 Å². The van der Waals surface area contributed by atoms with Gasteiger partial charge in [0, 0.05) is 12.7 Å². The Hall–Kier alpha value is -0.800. The van der Waals surface area contributed by atoms with E-state index in [1.54, 1.807) is 11.3 Å². The zero-order chi connectivity index (χ0) is 9.10. The maximum atomic E-state index is 3.45. The van der Waals surface area contributed by atoms with Gasteiger partial charge in [0.25, 0.3) is 0 Å². The Morgan fingerprint density at radius 3 is 3.31 bits per heavy atom. The number of hydrogen-bond acceptors (Lipinski definition) is 3. The van der Waals surface area contributed by atoms with Crippen molar-refractivity contribution in [1.29, 1.82) is 0 Å². The summed E-state index contributed by atoms with van der Waals surface area (Å²) < 4.78 is 0. The SMILES string of the molecule is CCC1NCC=CN1c1cccs1. The zero-order valence-corrected chi connectivity index (χ0v) is 8.55. The van der Waals surface area contributed by atoms with Crippen molar-refractivity contribution in [3.8, 4) is 0 Å². The van der Waals surface area contributed by atoms with Crippen LogP contribution >= 0.6 is 11.3 Å². The molecule has 0 aromatic carbocycles. The van der Waals surface area contributed by atoms with Gasteiger partial charge in [-0.05, 0) is 23.9 Å². The van der Waals surface area contributed by atoms with Crippen molar-refractivity contribution in [3.05, 3.63) is 29.8 Å². The van der Waals surface area contributed by atoms with Crippen LogP contribution in [-0.2, 0) is 0 Å². The fourth-order valence-electron chi connectivity index (χ4n) is 1.56. The van der Waals surface area contributed by atoms with Gasteiger partial charge in [-0.15, -0.1) is 11.3 Å². The van der Waals surface area contributed by atoms with Gasteiger partial charge in [0.05, 0.1) is 11.2 Å². The lowest BCUT2D eigenvalue weighted by Crippen LogP contribution is -2.45. The van der Waals surface area contributed by atoms with Crippen LogP contribution in [-0.4, -0.2) is 12.7 Å². The predicted octanol–water partition coefficient (Wildman–Crippen LogP) is 2.41. The average Bonchev–Trinajstić information content (AvgIpc) is 2.70. The van der Waals surface area contributed by atoms with Crippen molar-refractivity contribution in [2.24, 2.45) is 0 Å². The van der Waals surface area contributed by atoms with E-state index in [-0.39, 0.29) is 0 Å². The molecule has 0 amide bonds. The van der Waals surface area contributed by atoms with E-state index in [0.717, 1.165) is 13.0 Å². The summed E-state index contributed by atoms with van der Waals surface area (Å²) >= 11 is 1.78. The third-order valence-electron chi connectivity index (χ3n) is 2.22. The Balaban J connectivity index is 2.20. The summed E-state index contributed by atoms with van der Waals surface area (Å²) in [7, 11) is 0. The van der Waals surface area contributed by atoms with Gasteiger partial charge < -0.3 is 4.90 Å². The van der Waals surface area contributed by atoms with Gasteiger partial charge in [0.15, 0.2) is 0 Å². The quantitative estimate of drug-likeness (QED) is 0.777. The minimum Gasteiger partial charge on any atom is -0.324 e.